The molecule has 3 aromatic rings. The van der Waals surface area contributed by atoms with Crippen molar-refractivity contribution < 1.29 is 35.9 Å². The van der Waals surface area contributed by atoms with Gasteiger partial charge in [-0.15, -0.1) is 0 Å². The molecule has 184 valence electrons. The molecule has 0 aliphatic heterocycles. The molecule has 4 nitrogen and oxygen atoms in total. The van der Waals surface area contributed by atoms with Crippen LogP contribution in [0.25, 0.3) is 11.4 Å². The fraction of sp³-hybridized carbons (Fsp3) is 0.150. The molecule has 0 atom stereocenters. The van der Waals surface area contributed by atoms with E-state index in [2.05, 4.69) is 73.7 Å². The van der Waals surface area contributed by atoms with Gasteiger partial charge >= 0.3 is 12.4 Å². The minimum absolute atomic E-state index is 0.208. The average Bonchev–Trinajstić information content (AvgIpc) is 3.25. The van der Waals surface area contributed by atoms with Crippen LogP contribution in [0.2, 0.25) is 0 Å². The third-order valence-corrected chi connectivity index (χ3v) is 5.37. The number of aromatic amines is 1. The maximum absolute atomic E-state index is 12.3. The summed E-state index contributed by atoms with van der Waals surface area (Å²) in [5.74, 6) is -1.62. The van der Waals surface area contributed by atoms with E-state index in [0.717, 1.165) is 21.4 Å². The summed E-state index contributed by atoms with van der Waals surface area (Å²) in [5, 5.41) is 0. The van der Waals surface area contributed by atoms with E-state index in [-0.39, 0.29) is 5.82 Å². The second kappa shape index (κ2) is 13.5. The summed E-state index contributed by atoms with van der Waals surface area (Å²) in [6, 6.07) is 14.0. The largest absolute Gasteiger partial charge is 0.452 e. The molecule has 3 rings (SSSR count). The Balaban J connectivity index is 0.000000276. The second-order valence-electron chi connectivity index (χ2n) is 5.98. The molecule has 2 aromatic carbocycles. The Labute approximate surface area is 223 Å². The Kier molecular flexibility index (Phi) is 12.2. The summed E-state index contributed by atoms with van der Waals surface area (Å²) in [4.78, 5) is 26.0. The molecule has 0 aliphatic carbocycles. The van der Waals surface area contributed by atoms with Crippen molar-refractivity contribution in [1.82, 2.24) is 9.97 Å². The van der Waals surface area contributed by atoms with Gasteiger partial charge in [0.2, 0.25) is 0 Å². The lowest BCUT2D eigenvalue weighted by Crippen LogP contribution is -2.27. The molecule has 0 fully saturated rings. The summed E-state index contributed by atoms with van der Waals surface area (Å²) in [6.45, 7) is 0. The zero-order valence-corrected chi connectivity index (χ0v) is 22.7. The first-order chi connectivity index (χ1) is 15.6. The zero-order valence-electron chi connectivity index (χ0n) is 16.4. The van der Waals surface area contributed by atoms with Crippen molar-refractivity contribution in [2.45, 2.75) is 16.1 Å². The van der Waals surface area contributed by atoms with Crippen LogP contribution in [-0.4, -0.2) is 32.0 Å². The van der Waals surface area contributed by atoms with Gasteiger partial charge in [-0.2, -0.15) is 26.3 Å². The first kappa shape index (κ1) is 30.5. The molecule has 34 heavy (non-hydrogen) atoms. The number of nitrogens with zero attached hydrogens (tertiary/aromatic N) is 1. The van der Waals surface area contributed by atoms with Crippen LogP contribution in [-0.2, 0) is 11.0 Å². The molecular weight excluding hydrogens is 734 g/mol. The van der Waals surface area contributed by atoms with Crippen LogP contribution >= 0.6 is 63.7 Å². The first-order valence-corrected chi connectivity index (χ1v) is 12.0. The van der Waals surface area contributed by atoms with Crippen LogP contribution in [0, 0.1) is 0 Å². The van der Waals surface area contributed by atoms with Crippen molar-refractivity contribution >= 4 is 75.8 Å². The van der Waals surface area contributed by atoms with Gasteiger partial charge in [0.05, 0.1) is 6.20 Å². The van der Waals surface area contributed by atoms with Gasteiger partial charge in [-0.3, -0.25) is 9.59 Å². The number of hydrogen-bond acceptors (Lipinski definition) is 3. The molecule has 0 saturated heterocycles. The third kappa shape index (κ3) is 10.8. The highest BCUT2D eigenvalue weighted by molar-refractivity contribution is 9.25. The van der Waals surface area contributed by atoms with Gasteiger partial charge < -0.3 is 4.98 Å². The van der Waals surface area contributed by atoms with Gasteiger partial charge in [0.1, 0.15) is 21.5 Å². The summed E-state index contributed by atoms with van der Waals surface area (Å²) in [7, 11) is 0. The van der Waals surface area contributed by atoms with E-state index in [4.69, 9.17) is 0 Å². The maximum Gasteiger partial charge on any atom is 0.452 e. The van der Waals surface area contributed by atoms with Crippen molar-refractivity contribution in [2.75, 3.05) is 0 Å². The van der Waals surface area contributed by atoms with Crippen LogP contribution in [0.4, 0.5) is 26.3 Å². The van der Waals surface area contributed by atoms with Crippen LogP contribution in [0.1, 0.15) is 16.1 Å². The number of halogens is 10. The fourth-order valence-corrected chi connectivity index (χ4v) is 2.93. The van der Waals surface area contributed by atoms with Gasteiger partial charge in [-0.05, 0) is 24.3 Å². The molecule has 1 aromatic heterocycles. The molecule has 0 aliphatic rings. The molecule has 14 heteroatoms. The van der Waals surface area contributed by atoms with Crippen molar-refractivity contribution in [1.29, 1.82) is 0 Å². The topological polar surface area (TPSA) is 62.8 Å². The molecule has 0 amide bonds. The molecule has 1 heterocycles. The van der Waals surface area contributed by atoms with Crippen LogP contribution in [0.3, 0.4) is 0 Å². The van der Waals surface area contributed by atoms with Gasteiger partial charge in [0.25, 0.3) is 5.78 Å². The minimum Gasteiger partial charge on any atom is -0.334 e. The van der Waals surface area contributed by atoms with Crippen molar-refractivity contribution in [3.8, 4) is 11.4 Å². The third-order valence-electron chi connectivity index (χ3n) is 3.48. The SMILES string of the molecule is FC(F)(F)c1cnc(-c2ccc(Br)cc2)[nH]1.O=C(C(Br)Br)C(F)(F)F.O=Cc1ccc(Br)cc1. The highest BCUT2D eigenvalue weighted by atomic mass is 79.9. The average molecular weight is 746 g/mol. The first-order valence-electron chi connectivity index (χ1n) is 8.63. The number of alkyl halides is 8. The number of carbonyl (C=O) groups excluding carboxylic acids is 2. The Bertz CT molecular complexity index is 1070. The van der Waals surface area contributed by atoms with E-state index in [1.807, 2.05) is 12.1 Å². The predicted molar refractivity (Wildman–Crippen MR) is 129 cm³/mol. The van der Waals surface area contributed by atoms with Crippen LogP contribution < -0.4 is 0 Å². The minimum atomic E-state index is -4.75. The Hall–Kier alpha value is -1.51. The monoisotopic (exact) mass is 742 g/mol. The molecule has 0 spiro atoms. The van der Waals surface area contributed by atoms with Gasteiger partial charge in [0.15, 0.2) is 0 Å². The summed E-state index contributed by atoms with van der Waals surface area (Å²) in [5.41, 5.74) is 0.474. The predicted octanol–water partition coefficient (Wildman–Crippen LogP) is 8.35. The van der Waals surface area contributed by atoms with Crippen molar-refractivity contribution in [3.05, 3.63) is 74.9 Å². The molecular formula is C20H12Br4F6N2O2. The summed E-state index contributed by atoms with van der Waals surface area (Å²) in [6.07, 6.45) is -7.53. The van der Waals surface area contributed by atoms with Gasteiger partial charge in [-0.1, -0.05) is 88.0 Å². The zero-order chi connectivity index (χ0) is 26.1. The number of nitrogens with one attached hydrogen (secondary N) is 1. The molecule has 0 unspecified atom stereocenters. The van der Waals surface area contributed by atoms with E-state index >= 15 is 0 Å². The van der Waals surface area contributed by atoms with Gasteiger partial charge in [-0.25, -0.2) is 4.98 Å². The lowest BCUT2D eigenvalue weighted by Gasteiger charge is -2.03. The Morgan fingerprint density at radius 2 is 1.35 bits per heavy atom. The number of Topliss-reactive ketones (excluding diaryl/α,β-unsaturated/α-hetero) is 1. The van der Waals surface area contributed by atoms with Crippen LogP contribution in [0.5, 0.6) is 0 Å². The summed E-state index contributed by atoms with van der Waals surface area (Å²) < 4.78 is 71.3. The lowest BCUT2D eigenvalue weighted by molar-refractivity contribution is -0.168. The van der Waals surface area contributed by atoms with E-state index in [1.54, 1.807) is 36.4 Å². The standard InChI is InChI=1S/C10H6BrF3N2.C7H5BrO.C3HBr2F3O/c11-7-3-1-6(2-4-7)9-15-5-8(16-9)10(12,13)14;8-7-3-1-6(5-9)2-4-7;4-2(5)1(9)3(6,7)8/h1-5H,(H,15,16);1-5H;2H. The Morgan fingerprint density at radius 1 is 0.882 bits per heavy atom. The highest BCUT2D eigenvalue weighted by Gasteiger charge is 2.41. The molecule has 0 bridgehead atoms. The van der Waals surface area contributed by atoms with E-state index in [0.29, 0.717) is 11.1 Å². The van der Waals surface area contributed by atoms with Crippen LogP contribution in [0.15, 0.2) is 63.7 Å². The number of aromatic nitrogens is 2. The summed E-state index contributed by atoms with van der Waals surface area (Å²) >= 11 is 11.3. The molecule has 0 saturated carbocycles. The number of imidazole rings is 1. The Morgan fingerprint density at radius 3 is 1.68 bits per heavy atom. The number of benzene rings is 2. The van der Waals surface area contributed by atoms with E-state index < -0.39 is 27.6 Å². The quantitative estimate of drug-likeness (QED) is 0.167. The van der Waals surface area contributed by atoms with E-state index in [1.165, 1.54) is 0 Å². The number of rotatable bonds is 3. The number of H-pyrrole nitrogens is 1. The normalized spacial score (nSPS) is 11.1. The molecule has 1 N–H and O–H groups in total. The highest BCUT2D eigenvalue weighted by Crippen LogP contribution is 2.29. The van der Waals surface area contributed by atoms with Crippen molar-refractivity contribution in [2.24, 2.45) is 0 Å². The fourth-order valence-electron chi connectivity index (χ4n) is 1.88. The smallest absolute Gasteiger partial charge is 0.334 e. The number of aldehydes is 1. The maximum atomic E-state index is 12.3. The molecule has 0 radical (unpaired) electrons. The second-order valence-corrected chi connectivity index (χ2v) is 10.9. The van der Waals surface area contributed by atoms with Crippen molar-refractivity contribution in [3.63, 3.8) is 0 Å². The van der Waals surface area contributed by atoms with Gasteiger partial charge in [0, 0.05) is 20.1 Å². The van der Waals surface area contributed by atoms with E-state index in [9.17, 15) is 35.9 Å². The number of ketones is 1. The number of hydrogen-bond donors (Lipinski definition) is 1. The lowest BCUT2D eigenvalue weighted by atomic mass is 10.2. The number of carbonyl (C=O) groups is 2.